The van der Waals surface area contributed by atoms with Crippen molar-refractivity contribution in [1.29, 1.82) is 0 Å². The molecule has 0 heterocycles. The minimum atomic E-state index is -2.89. The molecule has 0 bridgehead atoms. The number of nitrogens with two attached hydrogens (primary N) is 1. The van der Waals surface area contributed by atoms with Crippen LogP contribution in [0.25, 0.3) is 0 Å². The lowest BCUT2D eigenvalue weighted by Gasteiger charge is -2.14. The number of carboxylic acid groups (broad SMARTS) is 1. The molecule has 0 rings (SSSR count). The molecule has 1 amide bonds. The highest BCUT2D eigenvalue weighted by atomic mass is 19.1. The molecular formula is C6H10FNO3. The third-order valence-electron chi connectivity index (χ3n) is 1.32. The van der Waals surface area contributed by atoms with Crippen LogP contribution in [0.2, 0.25) is 0 Å². The van der Waals surface area contributed by atoms with Gasteiger partial charge in [-0.3, -0.25) is 4.79 Å². The van der Waals surface area contributed by atoms with Gasteiger partial charge in [0.05, 0.1) is 0 Å². The lowest BCUT2D eigenvalue weighted by Crippen LogP contribution is -2.46. The second-order valence-electron chi connectivity index (χ2n) is 2.22. The Morgan fingerprint density at radius 3 is 2.18 bits per heavy atom. The third-order valence-corrected chi connectivity index (χ3v) is 1.32. The Balaban J connectivity index is 4.52. The molecule has 0 spiro atoms. The zero-order valence-corrected chi connectivity index (χ0v) is 6.13. The SMILES string of the molecule is CCC[C@](F)(C(N)=O)C(=O)O. The van der Waals surface area contributed by atoms with Crippen LogP contribution in [0.1, 0.15) is 19.8 Å². The van der Waals surface area contributed by atoms with Gasteiger partial charge in [0.15, 0.2) is 0 Å². The topological polar surface area (TPSA) is 80.4 Å². The van der Waals surface area contributed by atoms with Crippen molar-refractivity contribution in [3.05, 3.63) is 0 Å². The van der Waals surface area contributed by atoms with Crippen LogP contribution in [0.15, 0.2) is 0 Å². The van der Waals surface area contributed by atoms with Crippen LogP contribution in [-0.2, 0) is 9.59 Å². The average Bonchev–Trinajstić information content (AvgIpc) is 1.87. The first-order valence-electron chi connectivity index (χ1n) is 3.17. The van der Waals surface area contributed by atoms with Crippen molar-refractivity contribution in [1.82, 2.24) is 0 Å². The Hall–Kier alpha value is -1.13. The fraction of sp³-hybridized carbons (Fsp3) is 0.667. The van der Waals surface area contributed by atoms with Gasteiger partial charge in [0.1, 0.15) is 0 Å². The van der Waals surface area contributed by atoms with Gasteiger partial charge in [0.2, 0.25) is 0 Å². The molecule has 0 aromatic rings. The van der Waals surface area contributed by atoms with E-state index in [1.165, 1.54) is 0 Å². The van der Waals surface area contributed by atoms with Gasteiger partial charge < -0.3 is 10.8 Å². The van der Waals surface area contributed by atoms with E-state index in [9.17, 15) is 14.0 Å². The zero-order valence-electron chi connectivity index (χ0n) is 6.13. The molecule has 0 unspecified atom stereocenters. The highest BCUT2D eigenvalue weighted by molar-refractivity contribution is 6.04. The monoisotopic (exact) mass is 163 g/mol. The van der Waals surface area contributed by atoms with Gasteiger partial charge in [0.25, 0.3) is 11.6 Å². The second-order valence-corrected chi connectivity index (χ2v) is 2.22. The van der Waals surface area contributed by atoms with Crippen LogP contribution in [0.5, 0.6) is 0 Å². The summed E-state index contributed by atoms with van der Waals surface area (Å²) in [6.45, 7) is 1.57. The zero-order chi connectivity index (χ0) is 9.07. The summed E-state index contributed by atoms with van der Waals surface area (Å²) in [6, 6.07) is 0. The number of carboxylic acids is 1. The first-order valence-corrected chi connectivity index (χ1v) is 3.17. The van der Waals surface area contributed by atoms with Crippen molar-refractivity contribution in [3.63, 3.8) is 0 Å². The maximum Gasteiger partial charge on any atom is 0.351 e. The van der Waals surface area contributed by atoms with Gasteiger partial charge in [-0.1, -0.05) is 13.3 Å². The van der Waals surface area contributed by atoms with E-state index in [4.69, 9.17) is 5.11 Å². The minimum Gasteiger partial charge on any atom is -0.478 e. The molecule has 0 aromatic heterocycles. The molecule has 64 valence electrons. The average molecular weight is 163 g/mol. The second kappa shape index (κ2) is 3.32. The van der Waals surface area contributed by atoms with Crippen LogP contribution in [0.4, 0.5) is 4.39 Å². The van der Waals surface area contributed by atoms with Gasteiger partial charge in [-0.2, -0.15) is 0 Å². The number of carbonyl (C=O) groups excluding carboxylic acids is 1. The van der Waals surface area contributed by atoms with Gasteiger partial charge >= 0.3 is 5.97 Å². The summed E-state index contributed by atoms with van der Waals surface area (Å²) in [4.78, 5) is 20.5. The molecule has 3 N–H and O–H groups in total. The fourth-order valence-electron chi connectivity index (χ4n) is 0.680. The number of hydrogen-bond donors (Lipinski definition) is 2. The van der Waals surface area contributed by atoms with Crippen molar-refractivity contribution in [2.45, 2.75) is 25.4 Å². The van der Waals surface area contributed by atoms with Crippen LogP contribution < -0.4 is 5.73 Å². The van der Waals surface area contributed by atoms with Gasteiger partial charge in [0, 0.05) is 6.42 Å². The molecule has 11 heavy (non-hydrogen) atoms. The first-order chi connectivity index (χ1) is 4.95. The van der Waals surface area contributed by atoms with Gasteiger partial charge in [-0.25, -0.2) is 9.18 Å². The van der Waals surface area contributed by atoms with E-state index in [2.05, 4.69) is 5.73 Å². The summed E-state index contributed by atoms with van der Waals surface area (Å²) < 4.78 is 13.0. The maximum absolute atomic E-state index is 13.0. The summed E-state index contributed by atoms with van der Waals surface area (Å²) >= 11 is 0. The number of carbonyl (C=O) groups is 2. The smallest absolute Gasteiger partial charge is 0.351 e. The Morgan fingerprint density at radius 1 is 1.64 bits per heavy atom. The Morgan fingerprint density at radius 2 is 2.09 bits per heavy atom. The molecule has 5 heteroatoms. The highest BCUT2D eigenvalue weighted by Crippen LogP contribution is 2.17. The summed E-state index contributed by atoms with van der Waals surface area (Å²) in [5.41, 5.74) is 1.67. The van der Waals surface area contributed by atoms with Crippen molar-refractivity contribution in [2.75, 3.05) is 0 Å². The summed E-state index contributed by atoms with van der Waals surface area (Å²) in [7, 11) is 0. The molecule has 1 atom stereocenters. The number of aliphatic carboxylic acids is 1. The van der Waals surface area contributed by atoms with E-state index in [-0.39, 0.29) is 12.8 Å². The van der Waals surface area contributed by atoms with E-state index in [1.807, 2.05) is 0 Å². The number of primary amides is 1. The van der Waals surface area contributed by atoms with Crippen molar-refractivity contribution < 1.29 is 19.1 Å². The number of amides is 1. The van der Waals surface area contributed by atoms with E-state index in [0.29, 0.717) is 0 Å². The fourth-order valence-corrected chi connectivity index (χ4v) is 0.680. The van der Waals surface area contributed by atoms with Gasteiger partial charge in [-0.15, -0.1) is 0 Å². The predicted molar refractivity (Wildman–Crippen MR) is 35.6 cm³/mol. The van der Waals surface area contributed by atoms with Crippen molar-refractivity contribution >= 4 is 11.9 Å². The summed E-state index contributed by atoms with van der Waals surface area (Å²) in [5, 5.41) is 8.26. The molecule has 0 aliphatic carbocycles. The van der Waals surface area contributed by atoms with Crippen LogP contribution in [-0.4, -0.2) is 22.7 Å². The maximum atomic E-state index is 13.0. The first kappa shape index (κ1) is 9.87. The minimum absolute atomic E-state index is 0.256. The molecule has 0 saturated carbocycles. The molecule has 0 fully saturated rings. The lowest BCUT2D eigenvalue weighted by atomic mass is 10.00. The highest BCUT2D eigenvalue weighted by Gasteiger charge is 2.44. The molecular weight excluding hydrogens is 153 g/mol. The third kappa shape index (κ3) is 1.89. The Kier molecular flexibility index (Phi) is 2.98. The molecule has 4 nitrogen and oxygen atoms in total. The largest absolute Gasteiger partial charge is 0.478 e. The molecule has 0 aliphatic rings. The lowest BCUT2D eigenvalue weighted by molar-refractivity contribution is -0.157. The number of hydrogen-bond acceptors (Lipinski definition) is 2. The summed E-state index contributed by atoms with van der Waals surface area (Å²) in [6.07, 6.45) is -0.122. The molecule has 0 aromatic carbocycles. The van der Waals surface area contributed by atoms with Crippen LogP contribution in [0, 0.1) is 0 Å². The van der Waals surface area contributed by atoms with E-state index >= 15 is 0 Å². The molecule has 0 aliphatic heterocycles. The van der Waals surface area contributed by atoms with E-state index in [1.54, 1.807) is 6.92 Å². The van der Waals surface area contributed by atoms with Crippen molar-refractivity contribution in [2.24, 2.45) is 5.73 Å². The van der Waals surface area contributed by atoms with E-state index in [0.717, 1.165) is 0 Å². The standard InChI is InChI=1S/C6H10FNO3/c1-2-3-6(7,4(8)9)5(10)11/h2-3H2,1H3,(H2,8,9)(H,10,11)/t6-/m0/s1. The summed E-state index contributed by atoms with van der Waals surface area (Å²) in [5.74, 6) is -3.25. The van der Waals surface area contributed by atoms with Gasteiger partial charge in [-0.05, 0) is 0 Å². The van der Waals surface area contributed by atoms with Crippen LogP contribution >= 0.6 is 0 Å². The number of rotatable bonds is 4. The molecule has 0 radical (unpaired) electrons. The van der Waals surface area contributed by atoms with E-state index < -0.39 is 17.5 Å². The predicted octanol–water partition coefficient (Wildman–Crippen LogP) is 0.0647. The molecule has 0 saturated heterocycles. The van der Waals surface area contributed by atoms with Crippen molar-refractivity contribution in [3.8, 4) is 0 Å². The normalized spacial score (nSPS) is 15.5. The Labute approximate surface area is 63.2 Å². The Bertz CT molecular complexity index is 167. The van der Waals surface area contributed by atoms with Crippen LogP contribution in [0.3, 0.4) is 0 Å². The number of alkyl halides is 1. The number of halogens is 1. The quantitative estimate of drug-likeness (QED) is 0.575.